The topological polar surface area (TPSA) is 15.7 Å². The van der Waals surface area contributed by atoms with Gasteiger partial charge in [-0.3, -0.25) is 4.90 Å². The molecule has 3 nitrogen and oxygen atoms in total. The first-order valence-electron chi connectivity index (χ1n) is 7.46. The molecule has 2 aliphatic heterocycles. The van der Waals surface area contributed by atoms with Crippen LogP contribution in [0.2, 0.25) is 0 Å². The van der Waals surface area contributed by atoms with Crippen molar-refractivity contribution in [2.45, 2.75) is 31.7 Å². The van der Waals surface area contributed by atoms with Crippen molar-refractivity contribution in [3.05, 3.63) is 0 Å². The van der Waals surface area contributed by atoms with Crippen LogP contribution in [0.4, 0.5) is 0 Å². The Morgan fingerprint density at radius 2 is 1.94 bits per heavy atom. The van der Waals surface area contributed by atoms with Gasteiger partial charge in [-0.15, -0.1) is 0 Å². The molecule has 3 rings (SSSR count). The molecule has 0 bridgehead atoms. The zero-order chi connectivity index (χ0) is 12.4. The summed E-state index contributed by atoms with van der Waals surface area (Å²) in [6.45, 7) is 7.98. The van der Waals surface area contributed by atoms with Gasteiger partial charge in [0.15, 0.2) is 0 Å². The van der Waals surface area contributed by atoms with Crippen LogP contribution >= 0.6 is 12.6 Å². The quantitative estimate of drug-likeness (QED) is 0.780. The molecular weight excluding hydrogens is 244 g/mol. The van der Waals surface area contributed by atoms with Crippen molar-refractivity contribution in [3.8, 4) is 0 Å². The van der Waals surface area contributed by atoms with E-state index >= 15 is 0 Å². The third-order valence-corrected chi connectivity index (χ3v) is 5.79. The summed E-state index contributed by atoms with van der Waals surface area (Å²) in [5.41, 5.74) is 0.559. The van der Waals surface area contributed by atoms with E-state index in [0.717, 1.165) is 38.1 Å². The molecule has 2 heterocycles. The highest BCUT2D eigenvalue weighted by Crippen LogP contribution is 2.43. The van der Waals surface area contributed by atoms with Gasteiger partial charge in [0.1, 0.15) is 0 Å². The third-order valence-electron chi connectivity index (χ3n) is 5.12. The lowest BCUT2D eigenvalue weighted by Gasteiger charge is -2.43. The fourth-order valence-corrected chi connectivity index (χ4v) is 4.13. The molecule has 0 aromatic carbocycles. The maximum absolute atomic E-state index is 5.45. The molecule has 3 aliphatic rings. The van der Waals surface area contributed by atoms with E-state index in [1.165, 1.54) is 45.3 Å². The summed E-state index contributed by atoms with van der Waals surface area (Å²) in [5.74, 6) is 1.08. The van der Waals surface area contributed by atoms with Gasteiger partial charge in [-0.25, -0.2) is 0 Å². The molecule has 4 heteroatoms. The number of morpholine rings is 1. The molecule has 0 aromatic heterocycles. The highest BCUT2D eigenvalue weighted by molar-refractivity contribution is 7.80. The Balaban J connectivity index is 1.48. The van der Waals surface area contributed by atoms with Crippen LogP contribution in [0.3, 0.4) is 0 Å². The van der Waals surface area contributed by atoms with E-state index < -0.39 is 0 Å². The van der Waals surface area contributed by atoms with Crippen LogP contribution < -0.4 is 0 Å². The van der Waals surface area contributed by atoms with Crippen LogP contribution in [0.15, 0.2) is 0 Å². The molecule has 1 aliphatic carbocycles. The normalized spacial score (nSPS) is 33.5. The average Bonchev–Trinajstić information content (AvgIpc) is 2.83. The summed E-state index contributed by atoms with van der Waals surface area (Å²) in [7, 11) is 0. The van der Waals surface area contributed by atoms with E-state index in [9.17, 15) is 0 Å². The SMILES string of the molecule is SCC1(CN2CCC(N3CCOCC3)C2)CCC1. The number of likely N-dealkylation sites (tertiary alicyclic amines) is 1. The number of thiol groups is 1. The summed E-state index contributed by atoms with van der Waals surface area (Å²) >= 11 is 4.58. The Kier molecular flexibility index (Phi) is 4.18. The lowest BCUT2D eigenvalue weighted by atomic mass is 9.70. The van der Waals surface area contributed by atoms with Crippen molar-refractivity contribution >= 4 is 12.6 Å². The molecule has 0 N–H and O–H groups in total. The van der Waals surface area contributed by atoms with Gasteiger partial charge in [-0.1, -0.05) is 6.42 Å². The third kappa shape index (κ3) is 2.72. The molecule has 0 spiro atoms. The fraction of sp³-hybridized carbons (Fsp3) is 1.00. The van der Waals surface area contributed by atoms with Crippen LogP contribution in [-0.2, 0) is 4.74 Å². The number of rotatable bonds is 4. The molecule has 3 fully saturated rings. The van der Waals surface area contributed by atoms with Crippen molar-refractivity contribution in [2.24, 2.45) is 5.41 Å². The zero-order valence-electron chi connectivity index (χ0n) is 11.3. The molecule has 104 valence electrons. The minimum Gasteiger partial charge on any atom is -0.379 e. The second-order valence-corrected chi connectivity index (χ2v) is 6.65. The average molecular weight is 270 g/mol. The highest BCUT2D eigenvalue weighted by Gasteiger charge is 2.39. The van der Waals surface area contributed by atoms with Gasteiger partial charge in [0, 0.05) is 32.2 Å². The zero-order valence-corrected chi connectivity index (χ0v) is 12.2. The maximum atomic E-state index is 5.45. The molecule has 1 atom stereocenters. The lowest BCUT2D eigenvalue weighted by molar-refractivity contribution is 0.0166. The first-order valence-corrected chi connectivity index (χ1v) is 8.10. The molecule has 0 aromatic rings. The fourth-order valence-electron chi connectivity index (χ4n) is 3.71. The van der Waals surface area contributed by atoms with Crippen LogP contribution in [0.5, 0.6) is 0 Å². The van der Waals surface area contributed by atoms with Crippen LogP contribution in [0.1, 0.15) is 25.7 Å². The van der Waals surface area contributed by atoms with Crippen LogP contribution in [0.25, 0.3) is 0 Å². The van der Waals surface area contributed by atoms with E-state index in [1.807, 2.05) is 0 Å². The van der Waals surface area contributed by atoms with Gasteiger partial charge >= 0.3 is 0 Å². The summed E-state index contributed by atoms with van der Waals surface area (Å²) in [6, 6.07) is 0.783. The largest absolute Gasteiger partial charge is 0.379 e. The molecular formula is C14H26N2OS. The Hall–Kier alpha value is 0.230. The predicted octanol–water partition coefficient (Wildman–Crippen LogP) is 1.49. The standard InChI is InChI=1S/C14H26N2OS/c18-12-14(3-1-4-14)11-15-5-2-13(10-15)16-6-8-17-9-7-16/h13,18H,1-12H2. The molecule has 18 heavy (non-hydrogen) atoms. The molecule has 1 saturated carbocycles. The van der Waals surface area contributed by atoms with Crippen molar-refractivity contribution < 1.29 is 4.74 Å². The lowest BCUT2D eigenvalue weighted by Crippen LogP contribution is -2.47. The van der Waals surface area contributed by atoms with E-state index in [0.29, 0.717) is 5.41 Å². The molecule has 0 radical (unpaired) electrons. The monoisotopic (exact) mass is 270 g/mol. The summed E-state index contributed by atoms with van der Waals surface area (Å²) in [5, 5.41) is 0. The Morgan fingerprint density at radius 1 is 1.17 bits per heavy atom. The smallest absolute Gasteiger partial charge is 0.0594 e. The second kappa shape index (κ2) is 5.70. The first kappa shape index (κ1) is 13.2. The van der Waals surface area contributed by atoms with Crippen molar-refractivity contribution in [1.29, 1.82) is 0 Å². The van der Waals surface area contributed by atoms with E-state index in [-0.39, 0.29) is 0 Å². The minimum absolute atomic E-state index is 0.559. The van der Waals surface area contributed by atoms with Gasteiger partial charge in [-0.05, 0) is 37.0 Å². The van der Waals surface area contributed by atoms with E-state index in [1.54, 1.807) is 0 Å². The van der Waals surface area contributed by atoms with Crippen molar-refractivity contribution in [2.75, 3.05) is 51.7 Å². The van der Waals surface area contributed by atoms with Gasteiger partial charge in [-0.2, -0.15) is 12.6 Å². The number of ether oxygens (including phenoxy) is 1. The summed E-state index contributed by atoms with van der Waals surface area (Å²) in [6.07, 6.45) is 5.56. The van der Waals surface area contributed by atoms with Gasteiger partial charge in [0.25, 0.3) is 0 Å². The number of hydrogen-bond acceptors (Lipinski definition) is 4. The summed E-state index contributed by atoms with van der Waals surface area (Å²) < 4.78 is 5.45. The molecule has 0 amide bonds. The highest BCUT2D eigenvalue weighted by atomic mass is 32.1. The molecule has 2 saturated heterocycles. The summed E-state index contributed by atoms with van der Waals surface area (Å²) in [4.78, 5) is 5.33. The van der Waals surface area contributed by atoms with E-state index in [2.05, 4.69) is 22.4 Å². The van der Waals surface area contributed by atoms with Gasteiger partial charge < -0.3 is 9.64 Å². The van der Waals surface area contributed by atoms with Gasteiger partial charge in [0.2, 0.25) is 0 Å². The van der Waals surface area contributed by atoms with Crippen LogP contribution in [0, 0.1) is 5.41 Å². The van der Waals surface area contributed by atoms with Crippen molar-refractivity contribution in [1.82, 2.24) is 9.80 Å². The number of hydrogen-bond donors (Lipinski definition) is 1. The van der Waals surface area contributed by atoms with Gasteiger partial charge in [0.05, 0.1) is 13.2 Å². The first-order chi connectivity index (χ1) is 8.81. The Bertz CT molecular complexity index is 271. The Labute approximate surface area is 116 Å². The van der Waals surface area contributed by atoms with Crippen LogP contribution in [-0.4, -0.2) is 67.5 Å². The van der Waals surface area contributed by atoms with Crippen molar-refractivity contribution in [3.63, 3.8) is 0 Å². The number of nitrogens with zero attached hydrogens (tertiary/aromatic N) is 2. The second-order valence-electron chi connectivity index (χ2n) is 6.34. The maximum Gasteiger partial charge on any atom is 0.0594 e. The molecule has 1 unspecified atom stereocenters. The minimum atomic E-state index is 0.559. The van der Waals surface area contributed by atoms with E-state index in [4.69, 9.17) is 4.74 Å². The Morgan fingerprint density at radius 3 is 2.56 bits per heavy atom. The predicted molar refractivity (Wildman–Crippen MR) is 77.4 cm³/mol.